The van der Waals surface area contributed by atoms with E-state index >= 15 is 0 Å². The molecule has 1 aromatic rings. The molecule has 2 heteroatoms. The van der Waals surface area contributed by atoms with Crippen molar-refractivity contribution in [3.8, 4) is 5.75 Å². The van der Waals surface area contributed by atoms with Crippen molar-refractivity contribution in [3.05, 3.63) is 29.8 Å². The molecule has 0 aromatic heterocycles. The third kappa shape index (κ3) is 2.91. The van der Waals surface area contributed by atoms with Gasteiger partial charge in [-0.15, -0.1) is 0 Å². The molecule has 1 rings (SSSR count). The van der Waals surface area contributed by atoms with E-state index in [4.69, 9.17) is 4.74 Å². The first-order chi connectivity index (χ1) is 5.68. The van der Waals surface area contributed by atoms with Crippen LogP contribution in [0.25, 0.3) is 0 Å². The highest BCUT2D eigenvalue weighted by atomic mass is 19.1. The highest BCUT2D eigenvalue weighted by Crippen LogP contribution is 2.12. The molecule has 0 amide bonds. The van der Waals surface area contributed by atoms with Gasteiger partial charge in [-0.2, -0.15) is 0 Å². The van der Waals surface area contributed by atoms with Crippen molar-refractivity contribution < 1.29 is 9.13 Å². The summed E-state index contributed by atoms with van der Waals surface area (Å²) in [6.07, 6.45) is -0.912. The normalized spacial score (nSPS) is 12.6. The van der Waals surface area contributed by atoms with E-state index in [-0.39, 0.29) is 6.61 Å². The molecule has 1 atom stereocenters. The maximum atomic E-state index is 12.4. The van der Waals surface area contributed by atoms with Crippen molar-refractivity contribution in [1.82, 2.24) is 0 Å². The van der Waals surface area contributed by atoms with Gasteiger partial charge in [0.15, 0.2) is 0 Å². The molecule has 66 valence electrons. The van der Waals surface area contributed by atoms with Crippen LogP contribution in [0.3, 0.4) is 0 Å². The Balaban J connectivity index is 2.52. The summed E-state index contributed by atoms with van der Waals surface area (Å²) in [5, 5.41) is 0. The van der Waals surface area contributed by atoms with Crippen LogP contribution in [0.15, 0.2) is 24.3 Å². The first-order valence-electron chi connectivity index (χ1n) is 4.02. The molecular formula is C10H13FO. The van der Waals surface area contributed by atoms with Gasteiger partial charge in [0, 0.05) is 0 Å². The SMILES string of the molecule is Cc1cccc(OCC(C)F)c1. The standard InChI is InChI=1S/C10H13FO/c1-8-4-3-5-10(6-8)12-7-9(2)11/h3-6,9H,7H2,1-2H3. The first-order valence-corrected chi connectivity index (χ1v) is 4.02. The van der Waals surface area contributed by atoms with Gasteiger partial charge >= 0.3 is 0 Å². The van der Waals surface area contributed by atoms with Crippen LogP contribution in [-0.2, 0) is 0 Å². The molecule has 0 saturated heterocycles. The fraction of sp³-hybridized carbons (Fsp3) is 0.400. The van der Waals surface area contributed by atoms with Gasteiger partial charge in [0.25, 0.3) is 0 Å². The smallest absolute Gasteiger partial charge is 0.131 e. The topological polar surface area (TPSA) is 9.23 Å². The Bertz CT molecular complexity index is 245. The fourth-order valence-electron chi connectivity index (χ4n) is 0.916. The summed E-state index contributed by atoms with van der Waals surface area (Å²) >= 11 is 0. The largest absolute Gasteiger partial charge is 0.491 e. The van der Waals surface area contributed by atoms with E-state index in [1.165, 1.54) is 6.92 Å². The lowest BCUT2D eigenvalue weighted by molar-refractivity contribution is 0.209. The zero-order valence-electron chi connectivity index (χ0n) is 7.38. The predicted molar refractivity (Wildman–Crippen MR) is 47.2 cm³/mol. The summed E-state index contributed by atoms with van der Waals surface area (Å²) in [4.78, 5) is 0. The van der Waals surface area contributed by atoms with Gasteiger partial charge in [-0.1, -0.05) is 12.1 Å². The molecule has 0 aliphatic carbocycles. The zero-order chi connectivity index (χ0) is 8.97. The lowest BCUT2D eigenvalue weighted by Gasteiger charge is -2.06. The minimum Gasteiger partial charge on any atom is -0.491 e. The Kier molecular flexibility index (Phi) is 3.09. The van der Waals surface area contributed by atoms with E-state index in [1.807, 2.05) is 31.2 Å². The average molecular weight is 168 g/mol. The second kappa shape index (κ2) is 4.10. The van der Waals surface area contributed by atoms with Crippen molar-refractivity contribution >= 4 is 0 Å². The van der Waals surface area contributed by atoms with Crippen LogP contribution in [0.1, 0.15) is 12.5 Å². The van der Waals surface area contributed by atoms with Gasteiger partial charge in [0.05, 0.1) is 0 Å². The van der Waals surface area contributed by atoms with Gasteiger partial charge in [-0.25, -0.2) is 4.39 Å². The Morgan fingerprint density at radius 1 is 1.50 bits per heavy atom. The van der Waals surface area contributed by atoms with Crippen LogP contribution in [-0.4, -0.2) is 12.8 Å². The highest BCUT2D eigenvalue weighted by molar-refractivity contribution is 5.27. The quantitative estimate of drug-likeness (QED) is 0.674. The fourth-order valence-corrected chi connectivity index (χ4v) is 0.916. The monoisotopic (exact) mass is 168 g/mol. The summed E-state index contributed by atoms with van der Waals surface area (Å²) in [5.41, 5.74) is 1.12. The molecule has 1 aromatic carbocycles. The number of hydrogen-bond acceptors (Lipinski definition) is 1. The van der Waals surface area contributed by atoms with Crippen molar-refractivity contribution in [2.45, 2.75) is 20.0 Å². The predicted octanol–water partition coefficient (Wildman–Crippen LogP) is 2.73. The molecule has 12 heavy (non-hydrogen) atoms. The maximum Gasteiger partial charge on any atom is 0.131 e. The molecule has 0 heterocycles. The van der Waals surface area contributed by atoms with Gasteiger partial charge < -0.3 is 4.74 Å². The molecule has 0 aliphatic rings. The van der Waals surface area contributed by atoms with E-state index in [0.29, 0.717) is 0 Å². The van der Waals surface area contributed by atoms with E-state index in [1.54, 1.807) is 0 Å². The van der Waals surface area contributed by atoms with Gasteiger partial charge in [-0.05, 0) is 31.5 Å². The van der Waals surface area contributed by atoms with E-state index in [9.17, 15) is 4.39 Å². The lowest BCUT2D eigenvalue weighted by Crippen LogP contribution is -2.08. The van der Waals surface area contributed by atoms with Crippen LogP contribution in [0, 0.1) is 6.92 Å². The number of benzene rings is 1. The number of alkyl halides is 1. The Hall–Kier alpha value is -1.05. The maximum absolute atomic E-state index is 12.4. The van der Waals surface area contributed by atoms with Crippen LogP contribution in [0.5, 0.6) is 5.75 Å². The number of hydrogen-bond donors (Lipinski definition) is 0. The summed E-state index contributed by atoms with van der Waals surface area (Å²) in [5.74, 6) is 0.736. The Morgan fingerprint density at radius 3 is 2.83 bits per heavy atom. The molecular weight excluding hydrogens is 155 g/mol. The van der Waals surface area contributed by atoms with Crippen LogP contribution >= 0.6 is 0 Å². The van der Waals surface area contributed by atoms with Crippen molar-refractivity contribution in [3.63, 3.8) is 0 Å². The van der Waals surface area contributed by atoms with Crippen molar-refractivity contribution in [2.75, 3.05) is 6.61 Å². The molecule has 0 spiro atoms. The molecule has 0 bridgehead atoms. The summed E-state index contributed by atoms with van der Waals surface area (Å²) in [7, 11) is 0. The average Bonchev–Trinajstić information content (AvgIpc) is 2.01. The summed E-state index contributed by atoms with van der Waals surface area (Å²) in [6.45, 7) is 3.59. The van der Waals surface area contributed by atoms with Crippen molar-refractivity contribution in [1.29, 1.82) is 0 Å². The molecule has 0 N–H and O–H groups in total. The number of ether oxygens (including phenoxy) is 1. The van der Waals surface area contributed by atoms with Crippen LogP contribution in [0.2, 0.25) is 0 Å². The van der Waals surface area contributed by atoms with E-state index in [2.05, 4.69) is 0 Å². The molecule has 0 aliphatic heterocycles. The summed E-state index contributed by atoms with van der Waals surface area (Å²) in [6, 6.07) is 7.59. The van der Waals surface area contributed by atoms with Crippen LogP contribution < -0.4 is 4.74 Å². The molecule has 0 fully saturated rings. The van der Waals surface area contributed by atoms with Crippen LogP contribution in [0.4, 0.5) is 4.39 Å². The zero-order valence-corrected chi connectivity index (χ0v) is 7.38. The molecule has 0 radical (unpaired) electrons. The Labute approximate surface area is 72.2 Å². The van der Waals surface area contributed by atoms with Gasteiger partial charge in [0.1, 0.15) is 18.5 Å². The molecule has 1 nitrogen and oxygen atoms in total. The third-order valence-corrected chi connectivity index (χ3v) is 1.47. The summed E-state index contributed by atoms with van der Waals surface area (Å²) < 4.78 is 17.5. The molecule has 1 unspecified atom stereocenters. The highest BCUT2D eigenvalue weighted by Gasteiger charge is 1.98. The van der Waals surface area contributed by atoms with E-state index in [0.717, 1.165) is 11.3 Å². The number of halogens is 1. The number of aryl methyl sites for hydroxylation is 1. The second-order valence-corrected chi connectivity index (χ2v) is 2.91. The second-order valence-electron chi connectivity index (χ2n) is 2.91. The number of rotatable bonds is 3. The Morgan fingerprint density at radius 2 is 2.25 bits per heavy atom. The minimum atomic E-state index is -0.912. The minimum absolute atomic E-state index is 0.128. The van der Waals surface area contributed by atoms with Gasteiger partial charge in [-0.3, -0.25) is 0 Å². The lowest BCUT2D eigenvalue weighted by atomic mass is 10.2. The first kappa shape index (κ1) is 9.04. The molecule has 0 saturated carbocycles. The van der Waals surface area contributed by atoms with Gasteiger partial charge in [0.2, 0.25) is 0 Å². The third-order valence-electron chi connectivity index (χ3n) is 1.47. The van der Waals surface area contributed by atoms with Crippen molar-refractivity contribution in [2.24, 2.45) is 0 Å². The van der Waals surface area contributed by atoms with E-state index < -0.39 is 6.17 Å².